The number of amides is 2. The predicted octanol–water partition coefficient (Wildman–Crippen LogP) is 2.82. The molecule has 1 aliphatic rings. The highest BCUT2D eigenvalue weighted by molar-refractivity contribution is 6.29. The number of carbonyl (C=O) groups excluding carboxylic acids is 3. The van der Waals surface area contributed by atoms with Gasteiger partial charge in [0.05, 0.1) is 12.3 Å². The zero-order valence-electron chi connectivity index (χ0n) is 16.2. The molecule has 0 N–H and O–H groups in total. The fourth-order valence-electron chi connectivity index (χ4n) is 3.54. The second kappa shape index (κ2) is 9.74. The molecule has 0 spiro atoms. The molecule has 2 rings (SSSR count). The summed E-state index contributed by atoms with van der Waals surface area (Å²) in [7, 11) is 0. The molecule has 27 heavy (non-hydrogen) atoms. The monoisotopic (exact) mass is 394 g/mol. The predicted molar refractivity (Wildman–Crippen MR) is 105 cm³/mol. The van der Waals surface area contributed by atoms with Crippen molar-refractivity contribution in [3.8, 4) is 0 Å². The van der Waals surface area contributed by atoms with Crippen LogP contribution in [0.1, 0.15) is 37.3 Å². The molecule has 0 bridgehead atoms. The summed E-state index contributed by atoms with van der Waals surface area (Å²) in [5.41, 5.74) is 2.48. The number of hydrogen-bond donors (Lipinski definition) is 0. The Labute approximate surface area is 165 Å². The third-order valence-corrected chi connectivity index (χ3v) is 5.03. The minimum Gasteiger partial charge on any atom is -0.464 e. The maximum Gasteiger partial charge on any atom is 0.328 e. The zero-order chi connectivity index (χ0) is 20.0. The maximum atomic E-state index is 13.0. The van der Waals surface area contributed by atoms with Gasteiger partial charge in [-0.25, -0.2) is 4.79 Å². The van der Waals surface area contributed by atoms with Crippen LogP contribution in [0.3, 0.4) is 0 Å². The number of esters is 1. The number of hydrogen-bond acceptors (Lipinski definition) is 4. The number of nitrogens with zero attached hydrogens (tertiary/aromatic N) is 2. The molecule has 148 valence electrons. The van der Waals surface area contributed by atoms with Gasteiger partial charge >= 0.3 is 5.97 Å². The first kappa shape index (κ1) is 21.2. The van der Waals surface area contributed by atoms with Gasteiger partial charge in [0.15, 0.2) is 0 Å². The molecule has 1 unspecified atom stereocenters. The number of aryl methyl sites for hydroxylation is 2. The molecule has 0 radical (unpaired) electrons. The molecule has 1 aromatic rings. The SMILES string of the molecule is CCOC(=O)C1CCCCN1C(=O)CN(C(=O)CCl)c1c(C)cccc1C. The van der Waals surface area contributed by atoms with Crippen LogP contribution in [-0.2, 0) is 19.1 Å². The van der Waals surface area contributed by atoms with Crippen LogP contribution in [0.15, 0.2) is 18.2 Å². The van der Waals surface area contributed by atoms with E-state index in [-0.39, 0.29) is 36.8 Å². The van der Waals surface area contributed by atoms with E-state index in [2.05, 4.69) is 0 Å². The van der Waals surface area contributed by atoms with Gasteiger partial charge in [-0.1, -0.05) is 18.2 Å². The van der Waals surface area contributed by atoms with Crippen molar-refractivity contribution < 1.29 is 19.1 Å². The minimum atomic E-state index is -0.586. The zero-order valence-corrected chi connectivity index (χ0v) is 16.9. The van der Waals surface area contributed by atoms with Crippen molar-refractivity contribution in [1.29, 1.82) is 0 Å². The van der Waals surface area contributed by atoms with Crippen LogP contribution in [0.4, 0.5) is 5.69 Å². The number of piperidine rings is 1. The van der Waals surface area contributed by atoms with Crippen molar-refractivity contribution in [3.05, 3.63) is 29.3 Å². The van der Waals surface area contributed by atoms with Gasteiger partial charge in [-0.3, -0.25) is 9.59 Å². The van der Waals surface area contributed by atoms with E-state index in [1.165, 1.54) is 4.90 Å². The first-order valence-corrected chi connectivity index (χ1v) is 9.82. The molecular weight excluding hydrogens is 368 g/mol. The molecule has 1 atom stereocenters. The summed E-state index contributed by atoms with van der Waals surface area (Å²) in [4.78, 5) is 40.7. The summed E-state index contributed by atoms with van der Waals surface area (Å²) in [6.07, 6.45) is 2.28. The number of para-hydroxylation sites is 1. The number of likely N-dealkylation sites (tertiary alicyclic amines) is 1. The van der Waals surface area contributed by atoms with E-state index < -0.39 is 6.04 Å². The molecule has 1 saturated heterocycles. The summed E-state index contributed by atoms with van der Waals surface area (Å²) in [6, 6.07) is 5.10. The minimum absolute atomic E-state index is 0.146. The molecule has 7 heteroatoms. The number of benzene rings is 1. The highest BCUT2D eigenvalue weighted by Gasteiger charge is 2.34. The lowest BCUT2D eigenvalue weighted by atomic mass is 10.0. The van der Waals surface area contributed by atoms with Crippen LogP contribution in [0, 0.1) is 13.8 Å². The van der Waals surface area contributed by atoms with Crippen LogP contribution in [0.5, 0.6) is 0 Å². The normalized spacial score (nSPS) is 16.7. The number of rotatable bonds is 6. The van der Waals surface area contributed by atoms with E-state index in [4.69, 9.17) is 16.3 Å². The molecule has 1 aliphatic heterocycles. The number of ether oxygens (including phenoxy) is 1. The van der Waals surface area contributed by atoms with Crippen LogP contribution in [0.2, 0.25) is 0 Å². The average Bonchev–Trinajstić information content (AvgIpc) is 2.66. The third-order valence-electron chi connectivity index (χ3n) is 4.80. The van der Waals surface area contributed by atoms with Crippen molar-refractivity contribution >= 4 is 35.1 Å². The Kier molecular flexibility index (Phi) is 7.66. The van der Waals surface area contributed by atoms with Gasteiger partial charge in [-0.05, 0) is 51.2 Å². The van der Waals surface area contributed by atoms with Crippen molar-refractivity contribution in [2.24, 2.45) is 0 Å². The quantitative estimate of drug-likeness (QED) is 0.549. The summed E-state index contributed by atoms with van der Waals surface area (Å²) in [5.74, 6) is -1.21. The average molecular weight is 395 g/mol. The number of carbonyl (C=O) groups is 3. The Bertz CT molecular complexity index is 687. The van der Waals surface area contributed by atoms with E-state index in [9.17, 15) is 14.4 Å². The van der Waals surface area contributed by atoms with Crippen molar-refractivity contribution in [1.82, 2.24) is 4.90 Å². The highest BCUT2D eigenvalue weighted by Crippen LogP contribution is 2.26. The largest absolute Gasteiger partial charge is 0.464 e. The van der Waals surface area contributed by atoms with Gasteiger partial charge in [0.25, 0.3) is 0 Å². The maximum absolute atomic E-state index is 13.0. The van der Waals surface area contributed by atoms with Gasteiger partial charge in [0, 0.05) is 6.54 Å². The fourth-order valence-corrected chi connectivity index (χ4v) is 3.68. The van der Waals surface area contributed by atoms with E-state index >= 15 is 0 Å². The fraction of sp³-hybridized carbons (Fsp3) is 0.550. The Morgan fingerprint density at radius 3 is 2.48 bits per heavy atom. The lowest BCUT2D eigenvalue weighted by Gasteiger charge is -2.36. The van der Waals surface area contributed by atoms with Crippen LogP contribution in [-0.4, -0.2) is 54.3 Å². The smallest absolute Gasteiger partial charge is 0.328 e. The van der Waals surface area contributed by atoms with Crippen molar-refractivity contribution in [3.63, 3.8) is 0 Å². The molecule has 1 aromatic carbocycles. The molecule has 0 aromatic heterocycles. The van der Waals surface area contributed by atoms with E-state index in [0.29, 0.717) is 18.7 Å². The van der Waals surface area contributed by atoms with Gasteiger partial charge < -0.3 is 14.5 Å². The Balaban J connectivity index is 2.27. The molecule has 0 aliphatic carbocycles. The van der Waals surface area contributed by atoms with Crippen LogP contribution in [0.25, 0.3) is 0 Å². The lowest BCUT2D eigenvalue weighted by molar-refractivity contribution is -0.156. The molecule has 6 nitrogen and oxygen atoms in total. The van der Waals surface area contributed by atoms with Gasteiger partial charge in [0.1, 0.15) is 18.5 Å². The standard InChI is InChI=1S/C20H27ClN2O4/c1-4-27-20(26)16-10-5-6-11-22(16)18(25)13-23(17(24)12-21)19-14(2)8-7-9-15(19)3/h7-9,16H,4-6,10-13H2,1-3H3. The van der Waals surface area contributed by atoms with Gasteiger partial charge in [0.2, 0.25) is 11.8 Å². The number of anilines is 1. The summed E-state index contributed by atoms with van der Waals surface area (Å²) in [5, 5.41) is 0. The van der Waals surface area contributed by atoms with Gasteiger partial charge in [-0.15, -0.1) is 11.6 Å². The first-order valence-electron chi connectivity index (χ1n) is 9.29. The van der Waals surface area contributed by atoms with E-state index in [1.807, 2.05) is 32.0 Å². The van der Waals surface area contributed by atoms with Gasteiger partial charge in [-0.2, -0.15) is 0 Å². The second-order valence-electron chi connectivity index (χ2n) is 6.70. The van der Waals surface area contributed by atoms with E-state index in [0.717, 1.165) is 24.0 Å². The molecular formula is C20H27ClN2O4. The Morgan fingerprint density at radius 1 is 1.22 bits per heavy atom. The van der Waals surface area contributed by atoms with Crippen molar-refractivity contribution in [2.45, 2.75) is 46.1 Å². The summed E-state index contributed by atoms with van der Waals surface area (Å²) in [6.45, 7) is 6.14. The van der Waals surface area contributed by atoms with Crippen LogP contribution < -0.4 is 4.90 Å². The number of halogens is 1. The molecule has 2 amide bonds. The molecule has 1 fully saturated rings. The second-order valence-corrected chi connectivity index (χ2v) is 6.97. The Morgan fingerprint density at radius 2 is 1.89 bits per heavy atom. The van der Waals surface area contributed by atoms with E-state index in [1.54, 1.807) is 11.8 Å². The third kappa shape index (κ3) is 5.01. The summed E-state index contributed by atoms with van der Waals surface area (Å²) >= 11 is 5.80. The Hall–Kier alpha value is -2.08. The number of alkyl halides is 1. The molecule has 0 saturated carbocycles. The molecule has 1 heterocycles. The van der Waals surface area contributed by atoms with Crippen molar-refractivity contribution in [2.75, 3.05) is 30.5 Å². The van der Waals surface area contributed by atoms with Crippen LogP contribution >= 0.6 is 11.6 Å². The lowest BCUT2D eigenvalue weighted by Crippen LogP contribution is -2.52. The summed E-state index contributed by atoms with van der Waals surface area (Å²) < 4.78 is 5.12. The highest BCUT2D eigenvalue weighted by atomic mass is 35.5. The topological polar surface area (TPSA) is 66.9 Å². The first-order chi connectivity index (χ1) is 12.9.